The predicted octanol–water partition coefficient (Wildman–Crippen LogP) is 4.16. The lowest BCUT2D eigenvalue weighted by atomic mass is 9.49. The second-order valence-corrected chi connectivity index (χ2v) is 13.1. The first-order valence-corrected chi connectivity index (χ1v) is 14.2. The molecule has 1 heterocycles. The van der Waals surface area contributed by atoms with Crippen molar-refractivity contribution in [3.63, 3.8) is 0 Å². The second kappa shape index (κ2) is 8.88. The van der Waals surface area contributed by atoms with Crippen LogP contribution in [0.2, 0.25) is 0 Å². The number of rotatable bonds is 7. The smallest absolute Gasteiger partial charge is 0.243 e. The topological polar surface area (TPSA) is 66.9 Å². The Balaban J connectivity index is 1.17. The van der Waals surface area contributed by atoms with E-state index in [1.54, 1.807) is 24.3 Å². The van der Waals surface area contributed by atoms with Crippen LogP contribution >= 0.6 is 0 Å². The number of amides is 1. The first kappa shape index (κ1) is 23.2. The number of nitrogens with zero attached hydrogens (tertiary/aromatic N) is 2. The highest BCUT2D eigenvalue weighted by molar-refractivity contribution is 7.89. The molecule has 182 valence electrons. The van der Waals surface area contributed by atoms with E-state index in [4.69, 9.17) is 4.74 Å². The number of hydrogen-bond acceptors (Lipinski definition) is 4. The van der Waals surface area contributed by atoms with Gasteiger partial charge in [0, 0.05) is 32.6 Å². The number of carbonyl (C=O) groups is 1. The van der Waals surface area contributed by atoms with Gasteiger partial charge in [0.25, 0.3) is 0 Å². The standard InChI is InChI=1S/C26H38N2O4S/c1-3-32-23-4-6-24(7-5-23)33(30,31)28-10-8-22(9-11-28)25(29)27(2)18-26-15-19-12-20(16-26)14-21(13-19)17-26/h4-7,19-22H,3,8-18H2,1-2H3. The van der Waals surface area contributed by atoms with Crippen LogP contribution in [0.5, 0.6) is 5.75 Å². The second-order valence-electron chi connectivity index (χ2n) is 11.2. The molecule has 5 fully saturated rings. The van der Waals surface area contributed by atoms with Gasteiger partial charge in [0.15, 0.2) is 0 Å². The molecule has 4 saturated carbocycles. The lowest BCUT2D eigenvalue weighted by Crippen LogP contribution is -2.52. The van der Waals surface area contributed by atoms with Crippen molar-refractivity contribution in [2.24, 2.45) is 29.1 Å². The fourth-order valence-corrected chi connectivity index (χ4v) is 9.21. The average Bonchev–Trinajstić information content (AvgIpc) is 2.78. The van der Waals surface area contributed by atoms with E-state index in [2.05, 4.69) is 0 Å². The lowest BCUT2D eigenvalue weighted by Gasteiger charge is -2.57. The molecule has 4 aliphatic carbocycles. The van der Waals surface area contributed by atoms with Crippen LogP contribution in [-0.2, 0) is 14.8 Å². The molecular formula is C26H38N2O4S. The Morgan fingerprint density at radius 3 is 2.09 bits per heavy atom. The van der Waals surface area contributed by atoms with Crippen molar-refractivity contribution in [3.05, 3.63) is 24.3 Å². The molecule has 0 atom stereocenters. The summed E-state index contributed by atoms with van der Waals surface area (Å²) in [6.07, 6.45) is 9.34. The Hall–Kier alpha value is -1.60. The predicted molar refractivity (Wildman–Crippen MR) is 127 cm³/mol. The monoisotopic (exact) mass is 474 g/mol. The maximum Gasteiger partial charge on any atom is 0.243 e. The van der Waals surface area contributed by atoms with Crippen LogP contribution in [0, 0.1) is 29.1 Å². The number of hydrogen-bond donors (Lipinski definition) is 0. The molecular weight excluding hydrogens is 436 g/mol. The van der Waals surface area contributed by atoms with Gasteiger partial charge in [-0.25, -0.2) is 8.42 Å². The molecule has 1 aromatic rings. The van der Waals surface area contributed by atoms with Gasteiger partial charge in [0.05, 0.1) is 11.5 Å². The third kappa shape index (κ3) is 4.55. The fraction of sp³-hybridized carbons (Fsp3) is 0.731. The van der Waals surface area contributed by atoms with E-state index in [1.807, 2.05) is 18.9 Å². The van der Waals surface area contributed by atoms with Crippen LogP contribution in [0.1, 0.15) is 58.3 Å². The minimum absolute atomic E-state index is 0.0734. The van der Waals surface area contributed by atoms with Crippen LogP contribution in [0.4, 0.5) is 0 Å². The third-order valence-electron chi connectivity index (χ3n) is 8.69. The Labute approximate surface area is 198 Å². The zero-order valence-electron chi connectivity index (χ0n) is 20.0. The van der Waals surface area contributed by atoms with Crippen molar-refractivity contribution < 1.29 is 17.9 Å². The Bertz CT molecular complexity index is 931. The summed E-state index contributed by atoms with van der Waals surface area (Å²) in [6.45, 7) is 4.13. The molecule has 0 radical (unpaired) electrons. The first-order valence-electron chi connectivity index (χ1n) is 12.8. The number of piperidine rings is 1. The van der Waals surface area contributed by atoms with E-state index in [0.717, 1.165) is 24.3 Å². The van der Waals surface area contributed by atoms with E-state index in [1.165, 1.54) is 42.8 Å². The van der Waals surface area contributed by atoms with Gasteiger partial charge in [-0.3, -0.25) is 4.79 Å². The zero-order valence-corrected chi connectivity index (χ0v) is 20.9. The van der Waals surface area contributed by atoms with E-state index in [-0.39, 0.29) is 16.7 Å². The normalized spacial score (nSPS) is 32.1. The van der Waals surface area contributed by atoms with Crippen LogP contribution in [0.3, 0.4) is 0 Å². The van der Waals surface area contributed by atoms with Gasteiger partial charge < -0.3 is 9.64 Å². The average molecular weight is 475 g/mol. The van der Waals surface area contributed by atoms with E-state index in [0.29, 0.717) is 43.7 Å². The summed E-state index contributed by atoms with van der Waals surface area (Å²) in [5, 5.41) is 0. The van der Waals surface area contributed by atoms with Crippen molar-refractivity contribution >= 4 is 15.9 Å². The van der Waals surface area contributed by atoms with E-state index < -0.39 is 10.0 Å². The summed E-state index contributed by atoms with van der Waals surface area (Å²) < 4.78 is 33.1. The van der Waals surface area contributed by atoms with Gasteiger partial charge in [0.2, 0.25) is 15.9 Å². The van der Waals surface area contributed by atoms with E-state index >= 15 is 0 Å². The van der Waals surface area contributed by atoms with Crippen molar-refractivity contribution in [2.45, 2.75) is 63.2 Å². The highest BCUT2D eigenvalue weighted by Crippen LogP contribution is 2.60. The third-order valence-corrected chi connectivity index (χ3v) is 10.6. The van der Waals surface area contributed by atoms with Crippen LogP contribution in [0.15, 0.2) is 29.2 Å². The molecule has 1 saturated heterocycles. The van der Waals surface area contributed by atoms with Gasteiger partial charge in [-0.2, -0.15) is 4.31 Å². The van der Waals surface area contributed by atoms with E-state index in [9.17, 15) is 13.2 Å². The molecule has 1 amide bonds. The fourth-order valence-electron chi connectivity index (χ4n) is 7.74. The number of carbonyl (C=O) groups excluding carboxylic acids is 1. The van der Waals surface area contributed by atoms with Crippen LogP contribution in [0.25, 0.3) is 0 Å². The maximum absolute atomic E-state index is 13.3. The van der Waals surface area contributed by atoms with Crippen molar-refractivity contribution in [3.8, 4) is 5.75 Å². The summed E-state index contributed by atoms with van der Waals surface area (Å²) in [6, 6.07) is 6.62. The quantitative estimate of drug-likeness (QED) is 0.595. The molecule has 1 aliphatic heterocycles. The SMILES string of the molecule is CCOc1ccc(S(=O)(=O)N2CCC(C(=O)N(C)CC34CC5CC(CC(C5)C3)C4)CC2)cc1. The molecule has 1 aromatic carbocycles. The highest BCUT2D eigenvalue weighted by atomic mass is 32.2. The van der Waals surface area contributed by atoms with Gasteiger partial charge in [-0.05, 0) is 106 Å². The minimum Gasteiger partial charge on any atom is -0.494 e. The molecule has 6 rings (SSSR count). The molecule has 0 spiro atoms. The van der Waals surface area contributed by atoms with Gasteiger partial charge in [-0.1, -0.05) is 0 Å². The summed E-state index contributed by atoms with van der Waals surface area (Å²) >= 11 is 0. The number of sulfonamides is 1. The van der Waals surface area contributed by atoms with Gasteiger partial charge >= 0.3 is 0 Å². The largest absolute Gasteiger partial charge is 0.494 e. The number of ether oxygens (including phenoxy) is 1. The Morgan fingerprint density at radius 1 is 1.03 bits per heavy atom. The molecule has 7 heteroatoms. The summed E-state index contributed by atoms with van der Waals surface area (Å²) in [4.78, 5) is 15.6. The van der Waals surface area contributed by atoms with Gasteiger partial charge in [-0.15, -0.1) is 0 Å². The first-order chi connectivity index (χ1) is 15.8. The maximum atomic E-state index is 13.3. The molecule has 33 heavy (non-hydrogen) atoms. The number of benzene rings is 1. The lowest BCUT2D eigenvalue weighted by molar-refractivity contribution is -0.140. The molecule has 4 bridgehead atoms. The zero-order chi connectivity index (χ0) is 23.2. The molecule has 0 N–H and O–H groups in total. The van der Waals surface area contributed by atoms with Crippen molar-refractivity contribution in [1.29, 1.82) is 0 Å². The summed E-state index contributed by atoms with van der Waals surface area (Å²) in [7, 11) is -1.57. The van der Waals surface area contributed by atoms with Crippen molar-refractivity contribution in [2.75, 3.05) is 33.3 Å². The molecule has 0 aromatic heterocycles. The Kier molecular flexibility index (Phi) is 6.23. The summed E-state index contributed by atoms with van der Waals surface area (Å²) in [5.41, 5.74) is 0.344. The highest BCUT2D eigenvalue weighted by Gasteiger charge is 2.51. The summed E-state index contributed by atoms with van der Waals surface area (Å²) in [5.74, 6) is 3.46. The molecule has 5 aliphatic rings. The Morgan fingerprint density at radius 2 is 1.58 bits per heavy atom. The van der Waals surface area contributed by atoms with Crippen LogP contribution in [-0.4, -0.2) is 56.8 Å². The molecule has 6 nitrogen and oxygen atoms in total. The minimum atomic E-state index is -3.55. The van der Waals surface area contributed by atoms with Crippen molar-refractivity contribution in [1.82, 2.24) is 9.21 Å². The van der Waals surface area contributed by atoms with Crippen LogP contribution < -0.4 is 4.74 Å². The molecule has 0 unspecified atom stereocenters. The van der Waals surface area contributed by atoms with Gasteiger partial charge in [0.1, 0.15) is 5.75 Å².